The summed E-state index contributed by atoms with van der Waals surface area (Å²) in [5, 5.41) is 2.79. The normalized spacial score (nSPS) is 16.3. The van der Waals surface area contributed by atoms with E-state index >= 15 is 0 Å². The minimum atomic E-state index is -3.93. The van der Waals surface area contributed by atoms with Crippen molar-refractivity contribution < 1.29 is 22.7 Å². The number of benzene rings is 2. The molecule has 2 aromatic carbocycles. The summed E-state index contributed by atoms with van der Waals surface area (Å²) in [6.45, 7) is 5.02. The van der Waals surface area contributed by atoms with Crippen molar-refractivity contribution in [1.82, 2.24) is 5.32 Å². The molecule has 1 aliphatic heterocycles. The molecule has 0 aliphatic carbocycles. The Morgan fingerprint density at radius 1 is 1.17 bits per heavy atom. The van der Waals surface area contributed by atoms with Crippen LogP contribution in [0.15, 0.2) is 53.4 Å². The molecule has 0 aromatic heterocycles. The molecule has 1 amide bonds. The van der Waals surface area contributed by atoms with Crippen LogP contribution >= 0.6 is 0 Å². The third-order valence-electron chi connectivity index (χ3n) is 4.88. The van der Waals surface area contributed by atoms with Crippen LogP contribution in [0.2, 0.25) is 0 Å². The maximum Gasteiger partial charge on any atom is 0.264 e. The van der Waals surface area contributed by atoms with Crippen molar-refractivity contribution in [2.24, 2.45) is 0 Å². The Morgan fingerprint density at radius 3 is 2.47 bits per heavy atom. The number of anilines is 1. The summed E-state index contributed by atoms with van der Waals surface area (Å²) in [6.07, 6.45) is 1.85. The van der Waals surface area contributed by atoms with Gasteiger partial charge in [0.15, 0.2) is 0 Å². The number of nitrogens with one attached hydrogen (secondary N) is 1. The van der Waals surface area contributed by atoms with Gasteiger partial charge in [-0.1, -0.05) is 17.7 Å². The number of sulfonamides is 1. The summed E-state index contributed by atoms with van der Waals surface area (Å²) in [6, 6.07) is 13.3. The summed E-state index contributed by atoms with van der Waals surface area (Å²) < 4.78 is 38.8. The van der Waals surface area contributed by atoms with E-state index in [4.69, 9.17) is 9.47 Å². The Morgan fingerprint density at radius 2 is 1.87 bits per heavy atom. The van der Waals surface area contributed by atoms with Crippen molar-refractivity contribution >= 4 is 21.6 Å². The molecule has 0 unspecified atom stereocenters. The van der Waals surface area contributed by atoms with Crippen molar-refractivity contribution in [3.05, 3.63) is 54.1 Å². The first-order valence-electron chi connectivity index (χ1n) is 10.1. The molecular weight excluding hydrogens is 404 g/mol. The molecule has 1 atom stereocenters. The lowest BCUT2D eigenvalue weighted by molar-refractivity contribution is -0.120. The molecule has 0 saturated carbocycles. The van der Waals surface area contributed by atoms with E-state index < -0.39 is 10.0 Å². The van der Waals surface area contributed by atoms with Crippen LogP contribution in [-0.4, -0.2) is 46.7 Å². The van der Waals surface area contributed by atoms with E-state index in [0.717, 1.165) is 22.7 Å². The van der Waals surface area contributed by atoms with Crippen LogP contribution in [0.4, 0.5) is 5.69 Å². The Bertz CT molecular complexity index is 936. The molecule has 1 saturated heterocycles. The van der Waals surface area contributed by atoms with E-state index in [-0.39, 0.29) is 23.5 Å². The average molecular weight is 433 g/mol. The van der Waals surface area contributed by atoms with Gasteiger partial charge in [-0.15, -0.1) is 0 Å². The van der Waals surface area contributed by atoms with Gasteiger partial charge in [0, 0.05) is 13.2 Å². The van der Waals surface area contributed by atoms with Crippen LogP contribution in [0.25, 0.3) is 0 Å². The fourth-order valence-corrected chi connectivity index (χ4v) is 4.67. The zero-order chi connectivity index (χ0) is 21.6. The van der Waals surface area contributed by atoms with Gasteiger partial charge in [0.25, 0.3) is 10.0 Å². The highest BCUT2D eigenvalue weighted by Crippen LogP contribution is 2.26. The monoisotopic (exact) mass is 432 g/mol. The topological polar surface area (TPSA) is 84.9 Å². The summed E-state index contributed by atoms with van der Waals surface area (Å²) >= 11 is 0. The predicted molar refractivity (Wildman–Crippen MR) is 115 cm³/mol. The van der Waals surface area contributed by atoms with E-state index in [1.54, 1.807) is 48.5 Å². The molecule has 0 bridgehead atoms. The van der Waals surface area contributed by atoms with E-state index in [1.165, 1.54) is 0 Å². The molecule has 0 spiro atoms. The van der Waals surface area contributed by atoms with Crippen LogP contribution in [0.1, 0.15) is 25.3 Å². The maximum absolute atomic E-state index is 13.3. The van der Waals surface area contributed by atoms with E-state index in [1.807, 2.05) is 13.8 Å². The van der Waals surface area contributed by atoms with Crippen LogP contribution in [0, 0.1) is 6.92 Å². The van der Waals surface area contributed by atoms with Gasteiger partial charge >= 0.3 is 0 Å². The number of rotatable bonds is 9. The summed E-state index contributed by atoms with van der Waals surface area (Å²) in [5.74, 6) is 0.256. The first-order valence-corrected chi connectivity index (χ1v) is 11.5. The summed E-state index contributed by atoms with van der Waals surface area (Å²) in [4.78, 5) is 12.7. The van der Waals surface area contributed by atoms with Crippen molar-refractivity contribution in [2.45, 2.75) is 37.7 Å². The zero-order valence-corrected chi connectivity index (χ0v) is 18.2. The van der Waals surface area contributed by atoms with Gasteiger partial charge in [-0.2, -0.15) is 0 Å². The van der Waals surface area contributed by atoms with Gasteiger partial charge in [-0.3, -0.25) is 9.10 Å². The molecule has 1 fully saturated rings. The van der Waals surface area contributed by atoms with Gasteiger partial charge < -0.3 is 14.8 Å². The molecule has 1 heterocycles. The van der Waals surface area contributed by atoms with Crippen LogP contribution < -0.4 is 14.4 Å². The smallest absolute Gasteiger partial charge is 0.264 e. The lowest BCUT2D eigenvalue weighted by atomic mass is 10.2. The highest BCUT2D eigenvalue weighted by atomic mass is 32.2. The largest absolute Gasteiger partial charge is 0.494 e. The molecule has 1 N–H and O–H groups in total. The van der Waals surface area contributed by atoms with E-state index in [0.29, 0.717) is 31.2 Å². The number of carbonyl (C=O) groups excluding carboxylic acids is 1. The zero-order valence-electron chi connectivity index (χ0n) is 17.3. The minimum Gasteiger partial charge on any atom is -0.494 e. The van der Waals surface area contributed by atoms with Crippen molar-refractivity contribution in [3.8, 4) is 5.75 Å². The fraction of sp³-hybridized carbons (Fsp3) is 0.409. The summed E-state index contributed by atoms with van der Waals surface area (Å²) in [5.41, 5.74) is 1.35. The number of hydrogen-bond acceptors (Lipinski definition) is 5. The number of hydrogen-bond donors (Lipinski definition) is 1. The third kappa shape index (κ3) is 5.52. The number of aryl methyl sites for hydroxylation is 1. The fourth-order valence-electron chi connectivity index (χ4n) is 3.25. The SMILES string of the molecule is CCOc1ccc(N(CC(=O)NC[C@H]2CCCO2)S(=O)(=O)c2ccc(C)cc2)cc1. The van der Waals surface area contributed by atoms with Crippen molar-refractivity contribution in [2.75, 3.05) is 30.6 Å². The Balaban J connectivity index is 1.83. The second-order valence-corrected chi connectivity index (χ2v) is 9.05. The van der Waals surface area contributed by atoms with Crippen LogP contribution in [0.5, 0.6) is 5.75 Å². The quantitative estimate of drug-likeness (QED) is 0.659. The molecule has 3 rings (SSSR count). The number of ether oxygens (including phenoxy) is 2. The van der Waals surface area contributed by atoms with E-state index in [2.05, 4.69) is 5.32 Å². The van der Waals surface area contributed by atoms with Gasteiger partial charge in [-0.05, 0) is 63.1 Å². The number of nitrogens with zero attached hydrogens (tertiary/aromatic N) is 1. The Labute approximate surface area is 178 Å². The number of carbonyl (C=O) groups is 1. The molecule has 7 nitrogen and oxygen atoms in total. The van der Waals surface area contributed by atoms with Gasteiger partial charge in [0.05, 0.1) is 23.3 Å². The molecular formula is C22H28N2O5S. The molecule has 8 heteroatoms. The van der Waals surface area contributed by atoms with Gasteiger partial charge in [-0.25, -0.2) is 8.42 Å². The second-order valence-electron chi connectivity index (χ2n) is 7.19. The third-order valence-corrected chi connectivity index (χ3v) is 6.67. The molecule has 0 radical (unpaired) electrons. The lowest BCUT2D eigenvalue weighted by Crippen LogP contribution is -2.42. The van der Waals surface area contributed by atoms with Gasteiger partial charge in [0.1, 0.15) is 12.3 Å². The average Bonchev–Trinajstić information content (AvgIpc) is 3.25. The second kappa shape index (κ2) is 9.95. The standard InChI is InChI=1S/C22H28N2O5S/c1-3-28-19-10-8-18(9-11-19)24(16-22(25)23-15-20-5-4-14-29-20)30(26,27)21-12-6-17(2)7-13-21/h6-13,20H,3-5,14-16H2,1-2H3,(H,23,25)/t20-/m1/s1. The molecule has 162 valence electrons. The van der Waals surface area contributed by atoms with Crippen molar-refractivity contribution in [1.29, 1.82) is 0 Å². The van der Waals surface area contributed by atoms with Crippen LogP contribution in [0.3, 0.4) is 0 Å². The Kier molecular flexibility index (Phi) is 7.33. The first kappa shape index (κ1) is 22.1. The minimum absolute atomic E-state index is 0.0124. The highest BCUT2D eigenvalue weighted by Gasteiger charge is 2.27. The first-order chi connectivity index (χ1) is 14.4. The summed E-state index contributed by atoms with van der Waals surface area (Å²) in [7, 11) is -3.93. The number of amides is 1. The maximum atomic E-state index is 13.3. The van der Waals surface area contributed by atoms with Crippen LogP contribution in [-0.2, 0) is 19.6 Å². The van der Waals surface area contributed by atoms with Gasteiger partial charge in [0.2, 0.25) is 5.91 Å². The highest BCUT2D eigenvalue weighted by molar-refractivity contribution is 7.92. The molecule has 30 heavy (non-hydrogen) atoms. The lowest BCUT2D eigenvalue weighted by Gasteiger charge is -2.24. The Hall–Kier alpha value is -2.58. The molecule has 2 aromatic rings. The molecule has 1 aliphatic rings. The van der Waals surface area contributed by atoms with Crippen molar-refractivity contribution in [3.63, 3.8) is 0 Å². The van der Waals surface area contributed by atoms with E-state index in [9.17, 15) is 13.2 Å². The predicted octanol–water partition coefficient (Wildman–Crippen LogP) is 2.88.